The second-order valence-corrected chi connectivity index (χ2v) is 5.03. The van der Waals surface area contributed by atoms with Gasteiger partial charge in [-0.05, 0) is 18.2 Å². The van der Waals surface area contributed by atoms with E-state index in [0.29, 0.717) is 14.9 Å². The fourth-order valence-corrected chi connectivity index (χ4v) is 2.43. The third kappa shape index (κ3) is 2.66. The highest BCUT2D eigenvalue weighted by Crippen LogP contribution is 2.17. The first-order valence-electron chi connectivity index (χ1n) is 7.05. The van der Waals surface area contributed by atoms with E-state index >= 15 is 0 Å². The fourth-order valence-electron chi connectivity index (χ4n) is 2.43. The lowest BCUT2D eigenvalue weighted by Crippen LogP contribution is -2.31. The van der Waals surface area contributed by atoms with Crippen LogP contribution in [0.15, 0.2) is 54.6 Å². The van der Waals surface area contributed by atoms with Gasteiger partial charge in [-0.3, -0.25) is 4.79 Å². The molecular weight excluding hydrogens is 296 g/mol. The summed E-state index contributed by atoms with van der Waals surface area (Å²) in [5.41, 5.74) is 0.139. The van der Waals surface area contributed by atoms with Gasteiger partial charge in [0.1, 0.15) is 23.6 Å². The molecule has 1 heterocycles. The molecule has 3 rings (SSSR count). The third-order valence-corrected chi connectivity index (χ3v) is 3.49. The van der Waals surface area contributed by atoms with Crippen molar-refractivity contribution in [2.75, 3.05) is 0 Å². The number of benzene rings is 2. The fraction of sp³-hybridized carbons (Fsp3) is 0.118. The van der Waals surface area contributed by atoms with Gasteiger partial charge in [0.25, 0.3) is 5.52 Å². The summed E-state index contributed by atoms with van der Waals surface area (Å²) in [6, 6.07) is 15.2. The molecule has 0 saturated heterocycles. The molecule has 0 aliphatic carbocycles. The molecule has 0 atom stereocenters. The van der Waals surface area contributed by atoms with Crippen molar-refractivity contribution in [2.24, 2.45) is 0 Å². The van der Waals surface area contributed by atoms with E-state index in [-0.39, 0.29) is 29.0 Å². The number of aromatic nitrogens is 2. The lowest BCUT2D eigenvalue weighted by Gasteiger charge is -2.18. The molecule has 0 aliphatic rings. The summed E-state index contributed by atoms with van der Waals surface area (Å²) in [7, 11) is 0. The van der Waals surface area contributed by atoms with Gasteiger partial charge in [0.05, 0.1) is 4.43 Å². The van der Waals surface area contributed by atoms with Gasteiger partial charge in [0, 0.05) is 17.9 Å². The van der Waals surface area contributed by atoms with E-state index in [0.717, 1.165) is 0 Å². The number of hydrogen-bond donors (Lipinski definition) is 0. The van der Waals surface area contributed by atoms with Crippen LogP contribution in [0.2, 0.25) is 0 Å². The van der Waals surface area contributed by atoms with Crippen molar-refractivity contribution in [1.82, 2.24) is 4.73 Å². The first kappa shape index (κ1) is 14.8. The SMILES string of the molecule is CC(=O)c1c(COc2ccccc2)n([O-])c2ccccc2[n+]1=O. The van der Waals surface area contributed by atoms with Crippen LogP contribution in [-0.2, 0) is 6.61 Å². The van der Waals surface area contributed by atoms with Crippen LogP contribution in [0, 0.1) is 10.1 Å². The van der Waals surface area contributed by atoms with Gasteiger partial charge >= 0.3 is 5.69 Å². The minimum Gasteiger partial charge on any atom is -0.805 e. The molecular formula is C17H14N2O4. The number of para-hydroxylation sites is 3. The quantitative estimate of drug-likeness (QED) is 0.548. The minimum atomic E-state index is -0.484. The summed E-state index contributed by atoms with van der Waals surface area (Å²) in [6.45, 7) is 1.08. The summed E-state index contributed by atoms with van der Waals surface area (Å²) in [4.78, 5) is 24.3. The highest BCUT2D eigenvalue weighted by molar-refractivity contribution is 5.93. The smallest absolute Gasteiger partial charge is 0.328 e. The number of nitrogens with zero attached hydrogens (tertiary/aromatic N) is 2. The van der Waals surface area contributed by atoms with Gasteiger partial charge in [0.2, 0.25) is 5.78 Å². The Hall–Kier alpha value is -3.15. The number of hydrogen-bond acceptors (Lipinski definition) is 4. The van der Waals surface area contributed by atoms with E-state index in [1.54, 1.807) is 36.4 Å². The van der Waals surface area contributed by atoms with Crippen molar-refractivity contribution in [3.63, 3.8) is 0 Å². The zero-order valence-electron chi connectivity index (χ0n) is 12.4. The van der Waals surface area contributed by atoms with Crippen LogP contribution in [-0.4, -0.2) is 10.5 Å². The van der Waals surface area contributed by atoms with Crippen LogP contribution in [0.4, 0.5) is 0 Å². The second kappa shape index (κ2) is 5.92. The van der Waals surface area contributed by atoms with Crippen molar-refractivity contribution in [3.8, 4) is 5.75 Å². The van der Waals surface area contributed by atoms with Gasteiger partial charge < -0.3 is 14.7 Å². The Kier molecular flexibility index (Phi) is 3.80. The summed E-state index contributed by atoms with van der Waals surface area (Å²) >= 11 is 0. The Morgan fingerprint density at radius 1 is 1.13 bits per heavy atom. The van der Waals surface area contributed by atoms with E-state index in [9.17, 15) is 14.9 Å². The normalized spacial score (nSPS) is 10.7. The largest absolute Gasteiger partial charge is 0.805 e. The number of ether oxygens (including phenoxy) is 1. The van der Waals surface area contributed by atoms with E-state index in [1.807, 2.05) is 6.07 Å². The molecule has 116 valence electrons. The van der Waals surface area contributed by atoms with Crippen molar-refractivity contribution >= 4 is 16.8 Å². The number of carbonyl (C=O) groups is 1. The molecule has 1 aromatic heterocycles. The maximum atomic E-state index is 12.6. The van der Waals surface area contributed by atoms with E-state index in [1.165, 1.54) is 19.1 Å². The second-order valence-electron chi connectivity index (χ2n) is 5.03. The summed E-state index contributed by atoms with van der Waals surface area (Å²) in [5, 5.41) is 12.6. The standard InChI is InChI=1S/C17H14N2O4/c1-12(20)17-16(11-23-13-7-3-2-4-8-13)18(21)14-9-5-6-10-15(14)19(17)22/h2-10H,11H2,1H3. The maximum Gasteiger partial charge on any atom is 0.328 e. The number of rotatable bonds is 4. The molecule has 6 heteroatoms. The molecule has 0 fully saturated rings. The predicted molar refractivity (Wildman–Crippen MR) is 84.8 cm³/mol. The van der Waals surface area contributed by atoms with Crippen LogP contribution < -0.4 is 9.16 Å². The van der Waals surface area contributed by atoms with E-state index < -0.39 is 5.78 Å². The van der Waals surface area contributed by atoms with Crippen LogP contribution in [0.25, 0.3) is 11.0 Å². The number of carbonyl (C=O) groups excluding carboxylic acids is 1. The molecule has 0 spiro atoms. The summed E-state index contributed by atoms with van der Waals surface area (Å²) in [5.74, 6) is 0.0645. The zero-order valence-corrected chi connectivity index (χ0v) is 12.4. The lowest BCUT2D eigenvalue weighted by atomic mass is 10.2. The van der Waals surface area contributed by atoms with Crippen molar-refractivity contribution in [3.05, 3.63) is 76.1 Å². The molecule has 0 amide bonds. The van der Waals surface area contributed by atoms with Gasteiger partial charge in [-0.2, -0.15) is 0 Å². The molecule has 0 bridgehead atoms. The highest BCUT2D eigenvalue weighted by Gasteiger charge is 2.26. The zero-order chi connectivity index (χ0) is 16.4. The van der Waals surface area contributed by atoms with Gasteiger partial charge in [-0.15, -0.1) is 0 Å². The average molecular weight is 310 g/mol. The summed E-state index contributed by atoms with van der Waals surface area (Å²) in [6.07, 6.45) is 0. The lowest BCUT2D eigenvalue weighted by molar-refractivity contribution is -0.468. The molecule has 0 saturated carbocycles. The Balaban J connectivity index is 2.14. The topological polar surface area (TPSA) is 77.3 Å². The van der Waals surface area contributed by atoms with Gasteiger partial charge in [0.15, 0.2) is 0 Å². The number of fused-ring (bicyclic) bond motifs is 1. The Labute approximate surface area is 131 Å². The molecule has 23 heavy (non-hydrogen) atoms. The van der Waals surface area contributed by atoms with Crippen LogP contribution in [0.5, 0.6) is 5.75 Å². The van der Waals surface area contributed by atoms with Gasteiger partial charge in [-0.25, -0.2) is 0 Å². The first-order chi connectivity index (χ1) is 11.1. The molecule has 0 N–H and O–H groups in total. The molecule has 2 aromatic carbocycles. The maximum absolute atomic E-state index is 12.6. The summed E-state index contributed by atoms with van der Waals surface area (Å²) < 4.78 is 6.62. The Bertz CT molecular complexity index is 932. The Morgan fingerprint density at radius 3 is 2.48 bits per heavy atom. The van der Waals surface area contributed by atoms with E-state index in [2.05, 4.69) is 0 Å². The monoisotopic (exact) mass is 310 g/mol. The molecule has 0 radical (unpaired) electrons. The molecule has 3 aromatic rings. The van der Waals surface area contributed by atoms with Crippen LogP contribution in [0.1, 0.15) is 23.1 Å². The molecule has 0 unspecified atom stereocenters. The average Bonchev–Trinajstić information content (AvgIpc) is 2.57. The predicted octanol–water partition coefficient (Wildman–Crippen LogP) is 2.68. The highest BCUT2D eigenvalue weighted by atomic mass is 16.5. The third-order valence-electron chi connectivity index (χ3n) is 3.49. The molecule has 6 nitrogen and oxygen atoms in total. The Morgan fingerprint density at radius 2 is 1.78 bits per heavy atom. The first-order valence-corrected chi connectivity index (χ1v) is 7.05. The van der Waals surface area contributed by atoms with Crippen molar-refractivity contribution in [2.45, 2.75) is 13.5 Å². The van der Waals surface area contributed by atoms with Crippen molar-refractivity contribution in [1.29, 1.82) is 0 Å². The van der Waals surface area contributed by atoms with Crippen LogP contribution >= 0.6 is 0 Å². The van der Waals surface area contributed by atoms with E-state index in [4.69, 9.17) is 4.74 Å². The molecule has 0 aliphatic heterocycles. The number of Topliss-reactive ketones (excluding diaryl/α,β-unsaturated/α-hetero) is 1. The van der Waals surface area contributed by atoms with Gasteiger partial charge in [-0.1, -0.05) is 30.3 Å². The van der Waals surface area contributed by atoms with Crippen LogP contribution in [0.3, 0.4) is 0 Å². The minimum absolute atomic E-state index is 0.00458. The number of ketones is 1. The van der Waals surface area contributed by atoms with Crippen molar-refractivity contribution < 1.29 is 14.0 Å².